The lowest BCUT2D eigenvalue weighted by molar-refractivity contribution is 0.0848. The highest BCUT2D eigenvalue weighted by Gasteiger charge is 2.30. The molecule has 0 bridgehead atoms. The summed E-state index contributed by atoms with van der Waals surface area (Å²) in [7, 11) is 0. The maximum absolute atomic E-state index is 12.6. The van der Waals surface area contributed by atoms with E-state index in [-0.39, 0.29) is 0 Å². The van der Waals surface area contributed by atoms with Crippen LogP contribution in [0.5, 0.6) is 0 Å². The number of rotatable bonds is 5. The van der Waals surface area contributed by atoms with E-state index in [0.29, 0.717) is 10.4 Å². The van der Waals surface area contributed by atoms with Gasteiger partial charge >= 0.3 is 0 Å². The topological polar surface area (TPSA) is 57.9 Å². The number of benzene rings is 1. The number of thioether (sulfide) groups is 1. The summed E-state index contributed by atoms with van der Waals surface area (Å²) in [5, 5.41) is 9.32. The molecule has 0 aliphatic rings. The number of aryl methyl sites for hydroxylation is 2. The Bertz CT molecular complexity index is 771. The van der Waals surface area contributed by atoms with Crippen molar-refractivity contribution in [3.8, 4) is 6.07 Å². The highest BCUT2D eigenvalue weighted by Crippen LogP contribution is 2.25. The minimum absolute atomic E-state index is 0.417. The number of thiophene rings is 1. The second-order valence-corrected chi connectivity index (χ2v) is 7.05. The third kappa shape index (κ3) is 3.29. The van der Waals surface area contributed by atoms with Gasteiger partial charge in [0.2, 0.25) is 0 Å². The number of nitriles is 1. The summed E-state index contributed by atoms with van der Waals surface area (Å²) in [4.78, 5) is 27.4. The Morgan fingerprint density at radius 2 is 1.91 bits per heavy atom. The third-order valence-electron chi connectivity index (χ3n) is 3.35. The minimum Gasteiger partial charge on any atom is -0.292 e. The summed E-state index contributed by atoms with van der Waals surface area (Å²) >= 11 is 2.83. The Morgan fingerprint density at radius 3 is 2.45 bits per heavy atom. The molecule has 1 aromatic heterocycles. The number of Topliss-reactive ketones (excluding diaryl/α,β-unsaturated/α-hetero) is 2. The molecule has 0 saturated carbocycles. The minimum atomic E-state index is -1.28. The van der Waals surface area contributed by atoms with Gasteiger partial charge < -0.3 is 0 Å². The lowest BCUT2D eigenvalue weighted by Crippen LogP contribution is -2.23. The van der Waals surface area contributed by atoms with Gasteiger partial charge in [-0.3, -0.25) is 9.59 Å². The van der Waals surface area contributed by atoms with Crippen LogP contribution in [-0.4, -0.2) is 17.8 Å². The number of hydrogen-bond donors (Lipinski definition) is 0. The molecule has 112 valence electrons. The molecule has 1 heterocycles. The molecular formula is C17H15NO2S2. The molecule has 2 rings (SSSR count). The molecule has 0 amide bonds. The van der Waals surface area contributed by atoms with Gasteiger partial charge in [0.1, 0.15) is 0 Å². The summed E-state index contributed by atoms with van der Waals surface area (Å²) in [6.07, 6.45) is 1.92. The largest absolute Gasteiger partial charge is 0.292 e. The van der Waals surface area contributed by atoms with E-state index in [1.54, 1.807) is 12.1 Å². The first-order valence-corrected chi connectivity index (χ1v) is 8.71. The van der Waals surface area contributed by atoms with E-state index in [9.17, 15) is 14.9 Å². The van der Waals surface area contributed by atoms with Crippen molar-refractivity contribution in [2.45, 2.75) is 18.7 Å². The van der Waals surface area contributed by atoms with Crippen LogP contribution in [0.2, 0.25) is 0 Å². The molecule has 1 unspecified atom stereocenters. The highest BCUT2D eigenvalue weighted by atomic mass is 32.2. The predicted molar refractivity (Wildman–Crippen MR) is 89.8 cm³/mol. The summed E-state index contributed by atoms with van der Waals surface area (Å²) < 4.78 is 0. The molecule has 3 nitrogen and oxygen atoms in total. The maximum atomic E-state index is 12.6. The van der Waals surface area contributed by atoms with E-state index in [1.807, 2.05) is 44.4 Å². The number of ketones is 2. The Kier molecular flexibility index (Phi) is 5.17. The first-order chi connectivity index (χ1) is 10.5. The number of nitrogens with zero attached hydrogens (tertiary/aromatic N) is 1. The fraction of sp³-hybridized carbons (Fsp3) is 0.235. The van der Waals surface area contributed by atoms with Crippen LogP contribution in [0.15, 0.2) is 35.2 Å². The molecule has 0 N–H and O–H groups in total. The summed E-state index contributed by atoms with van der Waals surface area (Å²) in [6, 6.07) is 10.9. The van der Waals surface area contributed by atoms with Crippen molar-refractivity contribution in [3.05, 3.63) is 51.2 Å². The van der Waals surface area contributed by atoms with Gasteiger partial charge in [-0.15, -0.1) is 23.1 Å². The average Bonchev–Trinajstić information content (AvgIpc) is 2.94. The molecule has 1 aromatic carbocycles. The van der Waals surface area contributed by atoms with Gasteiger partial charge in [-0.05, 0) is 49.9 Å². The van der Waals surface area contributed by atoms with Gasteiger partial charge in [-0.2, -0.15) is 5.26 Å². The van der Waals surface area contributed by atoms with Crippen molar-refractivity contribution in [3.63, 3.8) is 0 Å². The maximum Gasteiger partial charge on any atom is 0.197 e. The lowest BCUT2D eigenvalue weighted by atomic mass is 9.92. The third-order valence-corrected chi connectivity index (χ3v) is 5.09. The fourth-order valence-corrected chi connectivity index (χ4v) is 3.37. The number of carbonyl (C=O) groups is 2. The SMILES string of the molecule is CSc1ccc(C)c(C(=O)C(C#N)C(=O)c2ccc(C)s2)c1. The Morgan fingerprint density at radius 1 is 1.18 bits per heavy atom. The van der Waals surface area contributed by atoms with Gasteiger partial charge in [0, 0.05) is 15.3 Å². The molecular weight excluding hydrogens is 314 g/mol. The average molecular weight is 329 g/mol. The lowest BCUT2D eigenvalue weighted by Gasteiger charge is -2.10. The molecule has 2 aromatic rings. The Hall–Kier alpha value is -1.90. The van der Waals surface area contributed by atoms with Crippen LogP contribution in [0.3, 0.4) is 0 Å². The molecule has 0 fully saturated rings. The molecule has 0 spiro atoms. The monoisotopic (exact) mass is 329 g/mol. The zero-order chi connectivity index (χ0) is 16.3. The Balaban J connectivity index is 2.38. The molecule has 0 radical (unpaired) electrons. The zero-order valence-corrected chi connectivity index (χ0v) is 14.2. The normalized spacial score (nSPS) is 11.7. The van der Waals surface area contributed by atoms with Gasteiger partial charge in [-0.1, -0.05) is 6.07 Å². The summed E-state index contributed by atoms with van der Waals surface area (Å²) in [6.45, 7) is 3.70. The number of hydrogen-bond acceptors (Lipinski definition) is 5. The smallest absolute Gasteiger partial charge is 0.197 e. The van der Waals surface area contributed by atoms with Gasteiger partial charge in [0.05, 0.1) is 10.9 Å². The standard InChI is InChI=1S/C17H15NO2S2/c1-10-4-6-12(21-3)8-13(10)16(19)14(9-18)17(20)15-7-5-11(2)22-15/h4-8,14H,1-3H3. The van der Waals surface area contributed by atoms with Crippen LogP contribution in [0.4, 0.5) is 0 Å². The highest BCUT2D eigenvalue weighted by molar-refractivity contribution is 7.98. The van der Waals surface area contributed by atoms with Crippen LogP contribution in [0.25, 0.3) is 0 Å². The second-order valence-electron chi connectivity index (χ2n) is 4.88. The van der Waals surface area contributed by atoms with Crippen LogP contribution >= 0.6 is 23.1 Å². The Labute approximate surface area is 138 Å². The molecule has 5 heteroatoms. The summed E-state index contributed by atoms with van der Waals surface area (Å²) in [5.74, 6) is -2.12. The van der Waals surface area contributed by atoms with Crippen LogP contribution < -0.4 is 0 Å². The van der Waals surface area contributed by atoms with Crippen molar-refractivity contribution in [2.24, 2.45) is 5.92 Å². The quantitative estimate of drug-likeness (QED) is 0.466. The van der Waals surface area contributed by atoms with Crippen molar-refractivity contribution in [2.75, 3.05) is 6.26 Å². The van der Waals surface area contributed by atoms with Gasteiger partial charge in [0.25, 0.3) is 0 Å². The first kappa shape index (κ1) is 16.5. The van der Waals surface area contributed by atoms with Crippen molar-refractivity contribution < 1.29 is 9.59 Å². The van der Waals surface area contributed by atoms with Crippen LogP contribution in [-0.2, 0) is 0 Å². The second kappa shape index (κ2) is 6.91. The molecule has 1 atom stereocenters. The van der Waals surface area contributed by atoms with Crippen LogP contribution in [0.1, 0.15) is 30.5 Å². The van der Waals surface area contributed by atoms with E-state index in [4.69, 9.17) is 0 Å². The molecule has 0 saturated heterocycles. The predicted octanol–water partition coefficient (Wildman–Crippen LogP) is 4.29. The number of carbonyl (C=O) groups excluding carboxylic acids is 2. The molecule has 22 heavy (non-hydrogen) atoms. The van der Waals surface area contributed by atoms with Crippen molar-refractivity contribution in [1.82, 2.24) is 0 Å². The van der Waals surface area contributed by atoms with E-state index in [1.165, 1.54) is 23.1 Å². The summed E-state index contributed by atoms with van der Waals surface area (Å²) in [5.41, 5.74) is 1.22. The zero-order valence-electron chi connectivity index (χ0n) is 12.5. The van der Waals surface area contributed by atoms with E-state index >= 15 is 0 Å². The molecule has 0 aliphatic heterocycles. The fourth-order valence-electron chi connectivity index (χ4n) is 2.09. The van der Waals surface area contributed by atoms with E-state index in [2.05, 4.69) is 0 Å². The van der Waals surface area contributed by atoms with Gasteiger partial charge in [-0.25, -0.2) is 0 Å². The van der Waals surface area contributed by atoms with E-state index < -0.39 is 17.5 Å². The van der Waals surface area contributed by atoms with Gasteiger partial charge in [0.15, 0.2) is 17.5 Å². The van der Waals surface area contributed by atoms with Crippen molar-refractivity contribution >= 4 is 34.7 Å². The molecule has 0 aliphatic carbocycles. The van der Waals surface area contributed by atoms with Crippen LogP contribution in [0, 0.1) is 31.1 Å². The van der Waals surface area contributed by atoms with E-state index in [0.717, 1.165) is 15.3 Å². The van der Waals surface area contributed by atoms with Crippen molar-refractivity contribution in [1.29, 1.82) is 5.26 Å². The first-order valence-electron chi connectivity index (χ1n) is 6.67.